The molecule has 8 heteroatoms. The van der Waals surface area contributed by atoms with Crippen LogP contribution in [0.1, 0.15) is 48.9 Å². The number of hydrogen-bond acceptors (Lipinski definition) is 5. The van der Waals surface area contributed by atoms with E-state index in [2.05, 4.69) is 9.62 Å². The highest BCUT2D eigenvalue weighted by atomic mass is 32.2. The fourth-order valence-corrected chi connectivity index (χ4v) is 5.78. The van der Waals surface area contributed by atoms with Crippen molar-refractivity contribution in [3.63, 3.8) is 0 Å². The van der Waals surface area contributed by atoms with Gasteiger partial charge >= 0.3 is 0 Å². The van der Waals surface area contributed by atoms with Crippen molar-refractivity contribution in [1.29, 1.82) is 0 Å². The molecule has 2 aliphatic heterocycles. The normalized spacial score (nSPS) is 20.1. The van der Waals surface area contributed by atoms with Crippen LogP contribution in [-0.2, 0) is 10.0 Å². The first-order valence-corrected chi connectivity index (χ1v) is 12.8. The summed E-state index contributed by atoms with van der Waals surface area (Å²) in [5.41, 5.74) is 0.501. The molecule has 156 valence electrons. The molecule has 6 nitrogen and oxygen atoms in total. The predicted octanol–water partition coefficient (Wildman–Crippen LogP) is 2.80. The van der Waals surface area contributed by atoms with Crippen LogP contribution in [0.15, 0.2) is 28.0 Å². The fraction of sp³-hybridized carbons (Fsp3) is 0.650. The Hall–Kier alpha value is -1.09. The van der Waals surface area contributed by atoms with E-state index in [9.17, 15) is 13.2 Å². The van der Waals surface area contributed by atoms with Crippen LogP contribution < -0.4 is 4.72 Å². The number of carbonyl (C=O) groups excluding carboxylic acids is 1. The summed E-state index contributed by atoms with van der Waals surface area (Å²) < 4.78 is 28.7. The summed E-state index contributed by atoms with van der Waals surface area (Å²) in [5, 5.41) is 0. The number of sulfonamides is 1. The minimum atomic E-state index is -3.64. The van der Waals surface area contributed by atoms with Crippen LogP contribution >= 0.6 is 11.8 Å². The van der Waals surface area contributed by atoms with Crippen molar-refractivity contribution in [2.24, 2.45) is 0 Å². The molecule has 0 atom stereocenters. The van der Waals surface area contributed by atoms with Crippen LogP contribution in [0.4, 0.5) is 0 Å². The quantitative estimate of drug-likeness (QED) is 0.735. The Kier molecular flexibility index (Phi) is 7.42. The van der Waals surface area contributed by atoms with Crippen LogP contribution in [-0.4, -0.2) is 69.6 Å². The second kappa shape index (κ2) is 9.61. The molecule has 1 aromatic rings. The predicted molar refractivity (Wildman–Crippen MR) is 113 cm³/mol. The first-order chi connectivity index (χ1) is 13.4. The molecule has 0 radical (unpaired) electrons. The molecule has 1 aromatic carbocycles. The maximum absolute atomic E-state index is 13.1. The largest absolute Gasteiger partial charge is 0.339 e. The van der Waals surface area contributed by atoms with Crippen molar-refractivity contribution in [3.8, 4) is 0 Å². The highest BCUT2D eigenvalue weighted by Crippen LogP contribution is 2.26. The number of nitrogens with one attached hydrogen (secondary N) is 1. The van der Waals surface area contributed by atoms with Crippen LogP contribution in [0.5, 0.6) is 0 Å². The summed E-state index contributed by atoms with van der Waals surface area (Å²) in [6.45, 7) is 3.27. The van der Waals surface area contributed by atoms with Gasteiger partial charge in [-0.3, -0.25) is 4.79 Å². The van der Waals surface area contributed by atoms with Gasteiger partial charge < -0.3 is 9.80 Å². The number of amides is 1. The van der Waals surface area contributed by atoms with E-state index < -0.39 is 10.0 Å². The van der Waals surface area contributed by atoms with Crippen molar-refractivity contribution in [3.05, 3.63) is 23.8 Å². The smallest absolute Gasteiger partial charge is 0.255 e. The van der Waals surface area contributed by atoms with E-state index in [1.165, 1.54) is 11.8 Å². The Balaban J connectivity index is 1.82. The molecule has 0 spiro atoms. The molecule has 2 saturated heterocycles. The van der Waals surface area contributed by atoms with Gasteiger partial charge in [0.25, 0.3) is 5.91 Å². The maximum Gasteiger partial charge on any atom is 0.255 e. The Morgan fingerprint density at radius 1 is 1.07 bits per heavy atom. The van der Waals surface area contributed by atoms with E-state index in [0.717, 1.165) is 69.6 Å². The standard InChI is InChI=1S/C20H31N3O3S2/c1-22-13-9-16(10-14-22)21-28(25,26)17-7-8-19(27-2)18(15-17)20(24)23-11-5-3-4-6-12-23/h7-8,15-16,21H,3-6,9-14H2,1-2H3. The minimum Gasteiger partial charge on any atom is -0.339 e. The number of likely N-dealkylation sites (tertiary alicyclic amines) is 2. The van der Waals surface area contributed by atoms with Gasteiger partial charge in [0.05, 0.1) is 10.5 Å². The number of benzene rings is 1. The molecule has 0 aliphatic carbocycles. The summed E-state index contributed by atoms with van der Waals surface area (Å²) in [7, 11) is -1.60. The van der Waals surface area contributed by atoms with E-state index in [1.807, 2.05) is 18.2 Å². The molecule has 1 N–H and O–H groups in total. The molecule has 2 heterocycles. The minimum absolute atomic E-state index is 0.0498. The number of piperidine rings is 1. The Bertz CT molecular complexity index is 782. The monoisotopic (exact) mass is 425 g/mol. The highest BCUT2D eigenvalue weighted by Gasteiger charge is 2.26. The first kappa shape index (κ1) is 21.6. The number of thioether (sulfide) groups is 1. The number of nitrogens with zero attached hydrogens (tertiary/aromatic N) is 2. The zero-order valence-electron chi connectivity index (χ0n) is 16.8. The molecule has 2 aliphatic rings. The Morgan fingerprint density at radius 2 is 1.71 bits per heavy atom. The molecule has 2 fully saturated rings. The maximum atomic E-state index is 13.1. The third-order valence-electron chi connectivity index (χ3n) is 5.65. The number of hydrogen-bond donors (Lipinski definition) is 1. The zero-order chi connectivity index (χ0) is 20.1. The van der Waals surface area contributed by atoms with Crippen LogP contribution in [0.2, 0.25) is 0 Å². The summed E-state index contributed by atoms with van der Waals surface area (Å²) in [6, 6.07) is 4.89. The van der Waals surface area contributed by atoms with Gasteiger partial charge in [-0.2, -0.15) is 0 Å². The molecule has 3 rings (SSSR count). The summed E-state index contributed by atoms with van der Waals surface area (Å²) in [4.78, 5) is 18.2. The fourth-order valence-electron chi connectivity index (χ4n) is 3.88. The molecule has 0 bridgehead atoms. The zero-order valence-corrected chi connectivity index (χ0v) is 18.4. The van der Waals surface area contributed by atoms with Gasteiger partial charge in [-0.25, -0.2) is 13.1 Å². The highest BCUT2D eigenvalue weighted by molar-refractivity contribution is 7.98. The SMILES string of the molecule is CSc1ccc(S(=O)(=O)NC2CCN(C)CC2)cc1C(=O)N1CCCCCC1. The lowest BCUT2D eigenvalue weighted by atomic mass is 10.1. The molecule has 0 unspecified atom stereocenters. The van der Waals surface area contributed by atoms with Crippen molar-refractivity contribution in [2.75, 3.05) is 39.5 Å². The average Bonchev–Trinajstić information content (AvgIpc) is 2.98. The number of rotatable bonds is 5. The van der Waals surface area contributed by atoms with Gasteiger partial charge in [0, 0.05) is 24.0 Å². The average molecular weight is 426 g/mol. The second-order valence-electron chi connectivity index (χ2n) is 7.77. The molecular formula is C20H31N3O3S2. The Labute approximate surface area is 173 Å². The molecule has 0 aromatic heterocycles. The second-order valence-corrected chi connectivity index (χ2v) is 10.3. The Morgan fingerprint density at radius 3 is 2.32 bits per heavy atom. The number of carbonyl (C=O) groups is 1. The topological polar surface area (TPSA) is 69.7 Å². The van der Waals surface area contributed by atoms with Gasteiger partial charge in [-0.1, -0.05) is 12.8 Å². The molecule has 28 heavy (non-hydrogen) atoms. The van der Waals surface area contributed by atoms with Crippen molar-refractivity contribution < 1.29 is 13.2 Å². The van der Waals surface area contributed by atoms with E-state index >= 15 is 0 Å². The lowest BCUT2D eigenvalue weighted by Gasteiger charge is -2.29. The van der Waals surface area contributed by atoms with E-state index in [0.29, 0.717) is 5.56 Å². The third-order valence-corrected chi connectivity index (χ3v) is 7.96. The van der Waals surface area contributed by atoms with Gasteiger partial charge in [-0.15, -0.1) is 11.8 Å². The molecule has 0 saturated carbocycles. The molecular weight excluding hydrogens is 394 g/mol. The lowest BCUT2D eigenvalue weighted by Crippen LogP contribution is -2.43. The summed E-state index contributed by atoms with van der Waals surface area (Å²) in [5.74, 6) is -0.0532. The van der Waals surface area contributed by atoms with Crippen LogP contribution in [0.25, 0.3) is 0 Å². The van der Waals surface area contributed by atoms with E-state index in [-0.39, 0.29) is 16.8 Å². The van der Waals surface area contributed by atoms with Crippen molar-refractivity contribution in [2.45, 2.75) is 54.4 Å². The van der Waals surface area contributed by atoms with Crippen molar-refractivity contribution in [1.82, 2.24) is 14.5 Å². The first-order valence-electron chi connectivity index (χ1n) is 10.1. The van der Waals surface area contributed by atoms with Crippen LogP contribution in [0.3, 0.4) is 0 Å². The van der Waals surface area contributed by atoms with Gasteiger partial charge in [0.15, 0.2) is 0 Å². The van der Waals surface area contributed by atoms with Gasteiger partial charge in [0.2, 0.25) is 10.0 Å². The molecule has 1 amide bonds. The van der Waals surface area contributed by atoms with Crippen molar-refractivity contribution >= 4 is 27.7 Å². The van der Waals surface area contributed by atoms with Gasteiger partial charge in [-0.05, 0) is 70.3 Å². The van der Waals surface area contributed by atoms with Crippen LogP contribution in [0, 0.1) is 0 Å². The van der Waals surface area contributed by atoms with E-state index in [1.54, 1.807) is 18.2 Å². The lowest BCUT2D eigenvalue weighted by molar-refractivity contribution is 0.0758. The summed E-state index contributed by atoms with van der Waals surface area (Å²) >= 11 is 1.48. The summed E-state index contributed by atoms with van der Waals surface area (Å²) in [6.07, 6.45) is 7.84. The third kappa shape index (κ3) is 5.28. The van der Waals surface area contributed by atoms with E-state index in [4.69, 9.17) is 0 Å². The van der Waals surface area contributed by atoms with Gasteiger partial charge in [0.1, 0.15) is 0 Å².